The van der Waals surface area contributed by atoms with E-state index in [1.165, 1.54) is 11.3 Å². The van der Waals surface area contributed by atoms with Crippen molar-refractivity contribution in [3.8, 4) is 0 Å². The summed E-state index contributed by atoms with van der Waals surface area (Å²) >= 11 is 3.12. The Morgan fingerprint density at radius 2 is 1.83 bits per heavy atom. The second-order valence-electron chi connectivity index (χ2n) is 5.41. The topological polar surface area (TPSA) is 89.9 Å². The van der Waals surface area contributed by atoms with Crippen molar-refractivity contribution >= 4 is 50.0 Å². The summed E-state index contributed by atoms with van der Waals surface area (Å²) in [6, 6.07) is 3.67. The van der Waals surface area contributed by atoms with Crippen molar-refractivity contribution in [2.24, 2.45) is 0 Å². The zero-order valence-electron chi connectivity index (χ0n) is 12.9. The Bertz CT molecular complexity index is 733. The standard InChI is InChI=1S/C15H17N3O4S2/c19-13(20)1-3-16-15(22)18-6-4-17(5-7-18)14(21)12-9-11-10(24-12)2-8-23-11/h2,8-9H,1,3-7H2,(H,16,22)(H,19,20). The predicted octanol–water partition coefficient (Wildman–Crippen LogP) is 1.90. The lowest BCUT2D eigenvalue weighted by atomic mass is 10.3. The number of fused-ring (bicyclic) bond motifs is 1. The van der Waals surface area contributed by atoms with Crippen LogP contribution in [0.1, 0.15) is 16.1 Å². The predicted molar refractivity (Wildman–Crippen MR) is 92.8 cm³/mol. The van der Waals surface area contributed by atoms with E-state index in [1.807, 2.05) is 17.5 Å². The number of nitrogens with one attached hydrogen (secondary N) is 1. The summed E-state index contributed by atoms with van der Waals surface area (Å²) in [4.78, 5) is 39.0. The minimum absolute atomic E-state index is 0.00864. The molecule has 0 spiro atoms. The molecule has 1 saturated heterocycles. The smallest absolute Gasteiger partial charge is 0.317 e. The minimum atomic E-state index is -0.943. The molecule has 0 radical (unpaired) electrons. The second kappa shape index (κ2) is 7.18. The highest BCUT2D eigenvalue weighted by Gasteiger charge is 2.25. The second-order valence-corrected chi connectivity index (χ2v) is 7.45. The number of carboxylic acids is 1. The molecular formula is C15H17N3O4S2. The Hall–Kier alpha value is -2.13. The Kier molecular flexibility index (Phi) is 5.00. The van der Waals surface area contributed by atoms with Crippen LogP contribution in [-0.4, -0.2) is 65.5 Å². The number of amides is 3. The number of hydrogen-bond donors (Lipinski definition) is 2. The van der Waals surface area contributed by atoms with E-state index in [1.54, 1.807) is 21.1 Å². The van der Waals surface area contributed by atoms with Gasteiger partial charge < -0.3 is 20.2 Å². The molecule has 0 aliphatic carbocycles. The molecule has 0 aromatic carbocycles. The molecule has 2 aromatic heterocycles. The molecule has 1 aliphatic rings. The van der Waals surface area contributed by atoms with Crippen molar-refractivity contribution in [3.63, 3.8) is 0 Å². The molecule has 3 heterocycles. The van der Waals surface area contributed by atoms with Crippen molar-refractivity contribution in [1.29, 1.82) is 0 Å². The lowest BCUT2D eigenvalue weighted by Crippen LogP contribution is -2.53. The van der Waals surface area contributed by atoms with Crippen molar-refractivity contribution < 1.29 is 19.5 Å². The summed E-state index contributed by atoms with van der Waals surface area (Å²) in [7, 11) is 0. The third-order valence-corrected chi connectivity index (χ3v) is 5.90. The van der Waals surface area contributed by atoms with E-state index in [-0.39, 0.29) is 24.9 Å². The molecule has 128 valence electrons. The molecule has 1 aliphatic heterocycles. The van der Waals surface area contributed by atoms with Crippen LogP contribution in [0.25, 0.3) is 9.40 Å². The third-order valence-electron chi connectivity index (χ3n) is 3.82. The fraction of sp³-hybridized carbons (Fsp3) is 0.400. The van der Waals surface area contributed by atoms with Crippen LogP contribution in [-0.2, 0) is 4.79 Å². The van der Waals surface area contributed by atoms with Crippen LogP contribution in [0.2, 0.25) is 0 Å². The lowest BCUT2D eigenvalue weighted by molar-refractivity contribution is -0.136. The first-order valence-electron chi connectivity index (χ1n) is 7.55. The molecular weight excluding hydrogens is 350 g/mol. The van der Waals surface area contributed by atoms with E-state index >= 15 is 0 Å². The highest BCUT2D eigenvalue weighted by Crippen LogP contribution is 2.30. The van der Waals surface area contributed by atoms with Gasteiger partial charge in [0.15, 0.2) is 0 Å². The van der Waals surface area contributed by atoms with Crippen LogP contribution in [0.15, 0.2) is 17.5 Å². The van der Waals surface area contributed by atoms with Gasteiger partial charge in [-0.25, -0.2) is 4.79 Å². The van der Waals surface area contributed by atoms with Crippen molar-refractivity contribution in [3.05, 3.63) is 22.4 Å². The zero-order valence-corrected chi connectivity index (χ0v) is 14.5. The maximum Gasteiger partial charge on any atom is 0.317 e. The number of carbonyl (C=O) groups excluding carboxylic acids is 2. The normalized spacial score (nSPS) is 14.8. The number of hydrogen-bond acceptors (Lipinski definition) is 5. The molecule has 2 aromatic rings. The average molecular weight is 367 g/mol. The van der Waals surface area contributed by atoms with E-state index < -0.39 is 5.97 Å². The molecule has 0 unspecified atom stereocenters. The van der Waals surface area contributed by atoms with Gasteiger partial charge in [-0.1, -0.05) is 0 Å². The van der Waals surface area contributed by atoms with Crippen LogP contribution in [0, 0.1) is 0 Å². The van der Waals surface area contributed by atoms with Crippen LogP contribution < -0.4 is 5.32 Å². The first-order valence-corrected chi connectivity index (χ1v) is 9.25. The van der Waals surface area contributed by atoms with Gasteiger partial charge in [0, 0.05) is 42.1 Å². The Labute approximate surface area is 146 Å². The number of aliphatic carboxylic acids is 1. The number of piperazine rings is 1. The molecule has 0 atom stereocenters. The highest BCUT2D eigenvalue weighted by atomic mass is 32.1. The largest absolute Gasteiger partial charge is 0.481 e. The molecule has 3 rings (SSSR count). The summed E-state index contributed by atoms with van der Waals surface area (Å²) in [6.45, 7) is 1.97. The third kappa shape index (κ3) is 3.68. The van der Waals surface area contributed by atoms with Gasteiger partial charge in [-0.05, 0) is 17.5 Å². The summed E-state index contributed by atoms with van der Waals surface area (Å²) in [5.41, 5.74) is 0. The molecule has 1 fully saturated rings. The summed E-state index contributed by atoms with van der Waals surface area (Å²) in [5, 5.41) is 13.2. The fourth-order valence-electron chi connectivity index (χ4n) is 2.53. The maximum absolute atomic E-state index is 12.5. The molecule has 0 bridgehead atoms. The van der Waals surface area contributed by atoms with Gasteiger partial charge in [-0.3, -0.25) is 9.59 Å². The van der Waals surface area contributed by atoms with Crippen LogP contribution in [0.3, 0.4) is 0 Å². The van der Waals surface area contributed by atoms with Crippen molar-refractivity contribution in [2.45, 2.75) is 6.42 Å². The first kappa shape index (κ1) is 16.7. The molecule has 3 amide bonds. The number of urea groups is 1. The first-order chi connectivity index (χ1) is 11.5. The van der Waals surface area contributed by atoms with E-state index in [2.05, 4.69) is 5.32 Å². The number of nitrogens with zero attached hydrogens (tertiary/aromatic N) is 2. The number of carboxylic acid groups (broad SMARTS) is 1. The number of rotatable bonds is 4. The highest BCUT2D eigenvalue weighted by molar-refractivity contribution is 7.27. The van der Waals surface area contributed by atoms with Crippen molar-refractivity contribution in [1.82, 2.24) is 15.1 Å². The van der Waals surface area contributed by atoms with Gasteiger partial charge in [0.2, 0.25) is 0 Å². The molecule has 0 saturated carbocycles. The van der Waals surface area contributed by atoms with Gasteiger partial charge in [0.05, 0.1) is 11.3 Å². The van der Waals surface area contributed by atoms with Gasteiger partial charge in [-0.2, -0.15) is 0 Å². The quantitative estimate of drug-likeness (QED) is 0.864. The van der Waals surface area contributed by atoms with Gasteiger partial charge in [-0.15, -0.1) is 22.7 Å². The average Bonchev–Trinajstić information content (AvgIpc) is 3.15. The Balaban J connectivity index is 1.51. The Morgan fingerprint density at radius 1 is 1.12 bits per heavy atom. The number of carbonyl (C=O) groups is 3. The van der Waals surface area contributed by atoms with Crippen molar-refractivity contribution in [2.75, 3.05) is 32.7 Å². The molecule has 7 nitrogen and oxygen atoms in total. The van der Waals surface area contributed by atoms with Gasteiger partial charge >= 0.3 is 12.0 Å². The molecule has 24 heavy (non-hydrogen) atoms. The van der Waals surface area contributed by atoms with E-state index in [9.17, 15) is 14.4 Å². The summed E-state index contributed by atoms with van der Waals surface area (Å²) in [6.07, 6.45) is -0.0975. The van der Waals surface area contributed by atoms with Crippen LogP contribution in [0.4, 0.5) is 4.79 Å². The van der Waals surface area contributed by atoms with Gasteiger partial charge in [0.25, 0.3) is 5.91 Å². The molecule has 9 heteroatoms. The van der Waals surface area contributed by atoms with E-state index in [0.717, 1.165) is 14.3 Å². The maximum atomic E-state index is 12.5. The monoisotopic (exact) mass is 367 g/mol. The number of thiophene rings is 2. The minimum Gasteiger partial charge on any atom is -0.481 e. The molecule has 2 N–H and O–H groups in total. The summed E-state index contributed by atoms with van der Waals surface area (Å²) < 4.78 is 2.25. The SMILES string of the molecule is O=C(O)CCNC(=O)N1CCN(C(=O)c2cc3sccc3s2)CC1. The zero-order chi connectivity index (χ0) is 17.1. The lowest BCUT2D eigenvalue weighted by Gasteiger charge is -2.34. The fourth-order valence-corrected chi connectivity index (χ4v) is 4.60. The van der Waals surface area contributed by atoms with E-state index in [0.29, 0.717) is 26.2 Å². The van der Waals surface area contributed by atoms with Gasteiger partial charge in [0.1, 0.15) is 0 Å². The van der Waals surface area contributed by atoms with Crippen LogP contribution in [0.5, 0.6) is 0 Å². The van der Waals surface area contributed by atoms with Crippen LogP contribution >= 0.6 is 22.7 Å². The Morgan fingerprint density at radius 3 is 2.50 bits per heavy atom. The van der Waals surface area contributed by atoms with E-state index in [4.69, 9.17) is 5.11 Å². The summed E-state index contributed by atoms with van der Waals surface area (Å²) in [5.74, 6) is -0.934.